The maximum absolute atomic E-state index is 13.2. The zero-order valence-corrected chi connectivity index (χ0v) is 16.3. The van der Waals surface area contributed by atoms with Gasteiger partial charge in [0.15, 0.2) is 0 Å². The average molecular weight is 386 g/mol. The van der Waals surface area contributed by atoms with E-state index in [0.29, 0.717) is 11.8 Å². The highest BCUT2D eigenvalue weighted by atomic mass is 16.6. The molecule has 0 radical (unpaired) electrons. The number of nitrogens with one attached hydrogen (secondary N) is 1. The van der Waals surface area contributed by atoms with Crippen LogP contribution in [0.15, 0.2) is 24.3 Å². The van der Waals surface area contributed by atoms with E-state index in [1.807, 2.05) is 12.1 Å². The molecule has 1 aromatic carbocycles. The number of benzene rings is 1. The van der Waals surface area contributed by atoms with Gasteiger partial charge in [-0.15, -0.1) is 0 Å². The summed E-state index contributed by atoms with van der Waals surface area (Å²) in [7, 11) is 1.32. The number of esters is 1. The smallest absolute Gasteiger partial charge is 0.328 e. The lowest BCUT2D eigenvalue weighted by Gasteiger charge is -2.61. The molecule has 7 nitrogen and oxygen atoms in total. The zero-order chi connectivity index (χ0) is 20.1. The molecule has 4 bridgehead atoms. The molecule has 4 aliphatic rings. The number of hydrogen-bond acceptors (Lipinski definition) is 5. The maximum atomic E-state index is 13.2. The third-order valence-corrected chi connectivity index (χ3v) is 7.14. The van der Waals surface area contributed by atoms with Crippen LogP contribution >= 0.6 is 0 Å². The largest absolute Gasteiger partial charge is 0.467 e. The second-order valence-corrected chi connectivity index (χ2v) is 9.04. The number of carbonyl (C=O) groups is 2. The van der Waals surface area contributed by atoms with Crippen molar-refractivity contribution in [3.8, 4) is 0 Å². The van der Waals surface area contributed by atoms with Crippen molar-refractivity contribution in [2.75, 3.05) is 7.11 Å². The Balaban J connectivity index is 1.62. The second-order valence-electron chi connectivity index (χ2n) is 9.04. The first kappa shape index (κ1) is 18.9. The van der Waals surface area contributed by atoms with Gasteiger partial charge in [-0.25, -0.2) is 4.79 Å². The molecule has 28 heavy (non-hydrogen) atoms. The van der Waals surface area contributed by atoms with E-state index in [4.69, 9.17) is 4.74 Å². The lowest BCUT2D eigenvalue weighted by Crippen LogP contribution is -2.60. The SMILES string of the molecule is COC(=O)C(C)NC(=O)C12CC3CC(C1)CC(c1ccc([N+](=O)[O-])cc1)(C3)C2. The molecule has 150 valence electrons. The molecule has 0 aliphatic heterocycles. The van der Waals surface area contributed by atoms with Crippen LogP contribution in [0.5, 0.6) is 0 Å². The lowest BCUT2D eigenvalue weighted by molar-refractivity contribution is -0.384. The van der Waals surface area contributed by atoms with Crippen LogP contribution in [0.4, 0.5) is 5.69 Å². The number of ether oxygens (including phenoxy) is 1. The van der Waals surface area contributed by atoms with Gasteiger partial charge < -0.3 is 10.1 Å². The molecule has 3 atom stereocenters. The molecule has 0 spiro atoms. The molecular weight excluding hydrogens is 360 g/mol. The zero-order valence-electron chi connectivity index (χ0n) is 16.3. The summed E-state index contributed by atoms with van der Waals surface area (Å²) in [6.07, 6.45) is 5.67. The number of nitrogens with zero attached hydrogens (tertiary/aromatic N) is 1. The van der Waals surface area contributed by atoms with E-state index in [-0.39, 0.29) is 21.9 Å². The van der Waals surface area contributed by atoms with Gasteiger partial charge in [-0.3, -0.25) is 14.9 Å². The molecule has 0 saturated heterocycles. The van der Waals surface area contributed by atoms with Gasteiger partial charge in [0.05, 0.1) is 17.4 Å². The number of rotatable bonds is 5. The standard InChI is InChI=1S/C21H26N2O5/c1-13(18(24)28-2)22-19(25)21-10-14-7-15(11-21)9-20(8-14,12-21)16-3-5-17(6-4-16)23(26)27/h3-6,13-15H,7-12H2,1-2H3,(H,22,25). The fraction of sp³-hybridized carbons (Fsp3) is 0.619. The van der Waals surface area contributed by atoms with Gasteiger partial charge in [0.1, 0.15) is 6.04 Å². The summed E-state index contributed by atoms with van der Waals surface area (Å²) < 4.78 is 4.74. The molecule has 5 rings (SSSR count). The number of amides is 1. The minimum Gasteiger partial charge on any atom is -0.467 e. The number of nitro benzene ring substituents is 1. The van der Waals surface area contributed by atoms with E-state index in [2.05, 4.69) is 5.32 Å². The van der Waals surface area contributed by atoms with E-state index in [1.165, 1.54) is 7.11 Å². The minimum absolute atomic E-state index is 0.0502. The number of nitro groups is 1. The van der Waals surface area contributed by atoms with Crippen LogP contribution in [0.25, 0.3) is 0 Å². The molecule has 1 N–H and O–H groups in total. The lowest BCUT2D eigenvalue weighted by atomic mass is 9.42. The Bertz CT molecular complexity index is 805. The number of non-ortho nitro benzene ring substituents is 1. The van der Waals surface area contributed by atoms with Crippen molar-refractivity contribution < 1.29 is 19.2 Å². The minimum atomic E-state index is -0.666. The highest BCUT2D eigenvalue weighted by Gasteiger charge is 2.61. The summed E-state index contributed by atoms with van der Waals surface area (Å²) in [6.45, 7) is 1.65. The Morgan fingerprint density at radius 2 is 1.79 bits per heavy atom. The Kier molecular flexibility index (Phi) is 4.43. The second kappa shape index (κ2) is 6.57. The molecule has 1 amide bonds. The monoisotopic (exact) mass is 386 g/mol. The molecule has 4 aliphatic carbocycles. The molecule has 4 saturated carbocycles. The van der Waals surface area contributed by atoms with Crippen molar-refractivity contribution in [1.82, 2.24) is 5.32 Å². The highest BCUT2D eigenvalue weighted by Crippen LogP contribution is 2.65. The van der Waals surface area contributed by atoms with Crippen molar-refractivity contribution in [3.05, 3.63) is 39.9 Å². The maximum Gasteiger partial charge on any atom is 0.328 e. The fourth-order valence-corrected chi connectivity index (χ4v) is 6.39. The Hall–Kier alpha value is -2.44. The normalized spacial score (nSPS) is 33.9. The first-order valence-corrected chi connectivity index (χ1v) is 9.91. The summed E-state index contributed by atoms with van der Waals surface area (Å²) in [5, 5.41) is 13.9. The summed E-state index contributed by atoms with van der Waals surface area (Å²) >= 11 is 0. The van der Waals surface area contributed by atoms with Crippen molar-refractivity contribution in [2.45, 2.75) is 56.9 Å². The average Bonchev–Trinajstić information content (AvgIpc) is 2.66. The summed E-state index contributed by atoms with van der Waals surface area (Å²) in [5.41, 5.74) is 0.623. The topological polar surface area (TPSA) is 98.5 Å². The first-order valence-electron chi connectivity index (χ1n) is 9.91. The van der Waals surface area contributed by atoms with Gasteiger partial charge in [0.2, 0.25) is 5.91 Å². The molecule has 3 unspecified atom stereocenters. The quantitative estimate of drug-likeness (QED) is 0.476. The number of methoxy groups -OCH3 is 1. The van der Waals surface area contributed by atoms with Crippen molar-refractivity contribution in [1.29, 1.82) is 0 Å². The predicted octanol–water partition coefficient (Wildman–Crippen LogP) is 3.11. The van der Waals surface area contributed by atoms with Crippen LogP contribution in [0.1, 0.15) is 51.0 Å². The first-order chi connectivity index (χ1) is 13.3. The van der Waals surface area contributed by atoms with Gasteiger partial charge in [-0.05, 0) is 68.3 Å². The van der Waals surface area contributed by atoms with E-state index < -0.39 is 17.4 Å². The predicted molar refractivity (Wildman–Crippen MR) is 102 cm³/mol. The molecule has 1 aromatic rings. The van der Waals surface area contributed by atoms with Crippen LogP contribution < -0.4 is 5.32 Å². The number of carbonyl (C=O) groups excluding carboxylic acids is 2. The Morgan fingerprint density at radius 3 is 2.32 bits per heavy atom. The van der Waals surface area contributed by atoms with Crippen LogP contribution in [0.2, 0.25) is 0 Å². The van der Waals surface area contributed by atoms with E-state index >= 15 is 0 Å². The van der Waals surface area contributed by atoms with Crippen LogP contribution in [-0.4, -0.2) is 30.0 Å². The van der Waals surface area contributed by atoms with E-state index in [0.717, 1.165) is 44.1 Å². The molecular formula is C21H26N2O5. The van der Waals surface area contributed by atoms with Crippen molar-refractivity contribution in [3.63, 3.8) is 0 Å². The van der Waals surface area contributed by atoms with Crippen LogP contribution in [0.3, 0.4) is 0 Å². The highest BCUT2D eigenvalue weighted by molar-refractivity contribution is 5.88. The van der Waals surface area contributed by atoms with Crippen LogP contribution in [0, 0.1) is 27.4 Å². The summed E-state index contributed by atoms with van der Waals surface area (Å²) in [6, 6.07) is 6.21. The fourth-order valence-electron chi connectivity index (χ4n) is 6.39. The van der Waals surface area contributed by atoms with E-state index in [9.17, 15) is 19.7 Å². The van der Waals surface area contributed by atoms with Crippen LogP contribution in [-0.2, 0) is 19.7 Å². The van der Waals surface area contributed by atoms with Gasteiger partial charge in [-0.1, -0.05) is 12.1 Å². The molecule has 0 aromatic heterocycles. The molecule has 4 fully saturated rings. The third-order valence-electron chi connectivity index (χ3n) is 7.14. The van der Waals surface area contributed by atoms with Gasteiger partial charge >= 0.3 is 5.97 Å². The summed E-state index contributed by atoms with van der Waals surface area (Å²) in [5.74, 6) is 0.472. The van der Waals surface area contributed by atoms with Crippen molar-refractivity contribution >= 4 is 17.6 Å². The Labute approximate surface area is 164 Å². The van der Waals surface area contributed by atoms with Gasteiger partial charge in [0.25, 0.3) is 5.69 Å². The van der Waals surface area contributed by atoms with E-state index in [1.54, 1.807) is 19.1 Å². The molecule has 0 heterocycles. The molecule has 7 heteroatoms. The summed E-state index contributed by atoms with van der Waals surface area (Å²) in [4.78, 5) is 35.6. The number of hydrogen-bond donors (Lipinski definition) is 1. The van der Waals surface area contributed by atoms with Crippen molar-refractivity contribution in [2.24, 2.45) is 17.3 Å². The van der Waals surface area contributed by atoms with Gasteiger partial charge in [-0.2, -0.15) is 0 Å². The third kappa shape index (κ3) is 2.97. The Morgan fingerprint density at radius 1 is 1.18 bits per heavy atom. The van der Waals surface area contributed by atoms with Gasteiger partial charge in [0, 0.05) is 12.1 Å².